The molecule has 0 heterocycles. The van der Waals surface area contributed by atoms with E-state index in [1.807, 2.05) is 25.1 Å². The molecule has 0 aliphatic rings. The summed E-state index contributed by atoms with van der Waals surface area (Å²) in [4.78, 5) is 37.9. The average molecular weight is 506 g/mol. The Bertz CT molecular complexity index is 1230. The molecule has 0 saturated heterocycles. The van der Waals surface area contributed by atoms with Crippen LogP contribution < -0.4 is 25.4 Å². The number of carbonyl (C=O) groups excluding carboxylic acids is 3. The second-order valence-electron chi connectivity index (χ2n) is 7.98. The normalized spacial score (nSPS) is 11.1. The summed E-state index contributed by atoms with van der Waals surface area (Å²) in [7, 11) is 1.47. The zero-order chi connectivity index (χ0) is 26.8. The smallest absolute Gasteiger partial charge is 0.340 e. The predicted molar refractivity (Wildman–Crippen MR) is 143 cm³/mol. The van der Waals surface area contributed by atoms with Crippen molar-refractivity contribution in [2.24, 2.45) is 0 Å². The number of ether oxygens (including phenoxy) is 3. The highest BCUT2D eigenvalue weighted by molar-refractivity contribution is 6.04. The monoisotopic (exact) mass is 505 g/mol. The van der Waals surface area contributed by atoms with Gasteiger partial charge in [0.2, 0.25) is 5.91 Å². The Kier molecular flexibility index (Phi) is 9.48. The largest absolute Gasteiger partial charge is 0.493 e. The molecule has 3 rings (SSSR count). The molecule has 9 heteroatoms. The van der Waals surface area contributed by atoms with Gasteiger partial charge in [0.1, 0.15) is 0 Å². The van der Waals surface area contributed by atoms with E-state index in [1.54, 1.807) is 56.3 Å². The molecule has 37 heavy (non-hydrogen) atoms. The number of urea groups is 1. The van der Waals surface area contributed by atoms with Crippen molar-refractivity contribution in [1.82, 2.24) is 0 Å². The van der Waals surface area contributed by atoms with Crippen LogP contribution in [-0.2, 0) is 9.53 Å². The third-order valence-corrected chi connectivity index (χ3v) is 5.45. The maximum atomic E-state index is 13.1. The van der Waals surface area contributed by atoms with E-state index in [-0.39, 0.29) is 29.8 Å². The molecule has 194 valence electrons. The van der Waals surface area contributed by atoms with Crippen molar-refractivity contribution in [2.45, 2.75) is 26.7 Å². The van der Waals surface area contributed by atoms with Gasteiger partial charge in [0.15, 0.2) is 11.5 Å². The van der Waals surface area contributed by atoms with Crippen LogP contribution in [0.5, 0.6) is 11.5 Å². The lowest BCUT2D eigenvalue weighted by atomic mass is 9.99. The van der Waals surface area contributed by atoms with Crippen LogP contribution in [0.25, 0.3) is 0 Å². The summed E-state index contributed by atoms with van der Waals surface area (Å²) in [5.41, 5.74) is 2.39. The van der Waals surface area contributed by atoms with Gasteiger partial charge >= 0.3 is 12.0 Å². The first kappa shape index (κ1) is 27.1. The molecule has 3 aromatic rings. The Hall–Kier alpha value is -4.53. The number of nitrogens with one attached hydrogen (secondary N) is 3. The van der Waals surface area contributed by atoms with Gasteiger partial charge in [-0.1, -0.05) is 30.3 Å². The van der Waals surface area contributed by atoms with E-state index in [0.29, 0.717) is 29.5 Å². The van der Waals surface area contributed by atoms with Crippen LogP contribution in [0.2, 0.25) is 0 Å². The van der Waals surface area contributed by atoms with Gasteiger partial charge in [0, 0.05) is 23.5 Å². The number of methoxy groups -OCH3 is 1. The molecule has 0 radical (unpaired) electrons. The molecule has 0 bridgehead atoms. The van der Waals surface area contributed by atoms with Crippen molar-refractivity contribution >= 4 is 35.0 Å². The van der Waals surface area contributed by atoms with E-state index < -0.39 is 11.9 Å². The molecule has 1 atom stereocenters. The van der Waals surface area contributed by atoms with Gasteiger partial charge in [-0.25, -0.2) is 9.59 Å². The zero-order valence-electron chi connectivity index (χ0n) is 21.3. The Morgan fingerprint density at radius 2 is 1.46 bits per heavy atom. The van der Waals surface area contributed by atoms with Gasteiger partial charge in [-0.05, 0) is 50.6 Å². The van der Waals surface area contributed by atoms with Gasteiger partial charge in [-0.2, -0.15) is 0 Å². The Morgan fingerprint density at radius 1 is 0.811 bits per heavy atom. The number of benzene rings is 3. The van der Waals surface area contributed by atoms with Gasteiger partial charge in [-0.3, -0.25) is 4.79 Å². The number of rotatable bonds is 10. The van der Waals surface area contributed by atoms with Crippen molar-refractivity contribution < 1.29 is 28.6 Å². The zero-order valence-corrected chi connectivity index (χ0v) is 21.3. The minimum Gasteiger partial charge on any atom is -0.493 e. The lowest BCUT2D eigenvalue weighted by Crippen LogP contribution is -2.21. The number of para-hydroxylation sites is 1. The van der Waals surface area contributed by atoms with Crippen LogP contribution in [0.3, 0.4) is 0 Å². The molecule has 0 saturated carbocycles. The van der Waals surface area contributed by atoms with Crippen LogP contribution in [0.15, 0.2) is 66.7 Å². The van der Waals surface area contributed by atoms with Crippen LogP contribution >= 0.6 is 0 Å². The molecule has 3 aromatic carbocycles. The van der Waals surface area contributed by atoms with E-state index in [9.17, 15) is 14.4 Å². The first-order valence-corrected chi connectivity index (χ1v) is 11.9. The Labute approximate surface area is 216 Å². The summed E-state index contributed by atoms with van der Waals surface area (Å²) in [5.74, 6) is -0.725. The van der Waals surface area contributed by atoms with Crippen LogP contribution in [0.1, 0.15) is 42.6 Å². The van der Waals surface area contributed by atoms with Crippen molar-refractivity contribution in [3.63, 3.8) is 0 Å². The third kappa shape index (κ3) is 7.23. The van der Waals surface area contributed by atoms with Crippen molar-refractivity contribution in [1.29, 1.82) is 0 Å². The van der Waals surface area contributed by atoms with Crippen molar-refractivity contribution in [3.05, 3.63) is 77.9 Å². The first-order chi connectivity index (χ1) is 17.9. The molecule has 0 aromatic heterocycles. The van der Waals surface area contributed by atoms with Crippen molar-refractivity contribution in [3.8, 4) is 11.5 Å². The van der Waals surface area contributed by atoms with Crippen molar-refractivity contribution in [2.75, 3.05) is 36.3 Å². The number of anilines is 3. The predicted octanol–water partition coefficient (Wildman–Crippen LogP) is 5.66. The van der Waals surface area contributed by atoms with E-state index in [1.165, 1.54) is 13.2 Å². The van der Waals surface area contributed by atoms with Gasteiger partial charge < -0.3 is 30.2 Å². The highest BCUT2D eigenvalue weighted by Crippen LogP contribution is 2.35. The minimum atomic E-state index is -0.587. The summed E-state index contributed by atoms with van der Waals surface area (Å²) in [6, 6.07) is 18.7. The molecule has 0 aliphatic heterocycles. The lowest BCUT2D eigenvalue weighted by Gasteiger charge is -2.18. The molecule has 3 amide bonds. The van der Waals surface area contributed by atoms with E-state index in [2.05, 4.69) is 16.0 Å². The number of hydrogen-bond acceptors (Lipinski definition) is 6. The number of carbonyl (C=O) groups is 3. The Morgan fingerprint density at radius 3 is 2.05 bits per heavy atom. The number of esters is 1. The van der Waals surface area contributed by atoms with Crippen LogP contribution in [0, 0.1) is 0 Å². The summed E-state index contributed by atoms with van der Waals surface area (Å²) in [5, 5.41) is 8.32. The first-order valence-electron chi connectivity index (χ1n) is 11.9. The SMILES string of the molecule is CCOC(=O)c1cc(OC)c(OCC)cc1NC(=O)C(C)c1ccc(NC(=O)Nc2ccccc2)cc1. The summed E-state index contributed by atoms with van der Waals surface area (Å²) in [6.07, 6.45) is 0. The highest BCUT2D eigenvalue weighted by atomic mass is 16.5. The Balaban J connectivity index is 1.73. The third-order valence-electron chi connectivity index (χ3n) is 5.45. The van der Waals surface area contributed by atoms with Gasteiger partial charge in [0.05, 0.1) is 37.5 Å². The molecular weight excluding hydrogens is 474 g/mol. The molecule has 3 N–H and O–H groups in total. The number of amides is 3. The molecule has 9 nitrogen and oxygen atoms in total. The average Bonchev–Trinajstić information content (AvgIpc) is 2.89. The number of hydrogen-bond donors (Lipinski definition) is 3. The topological polar surface area (TPSA) is 115 Å². The molecule has 0 aliphatic carbocycles. The molecule has 1 unspecified atom stereocenters. The standard InChI is InChI=1S/C28H31N3O6/c1-5-36-25-17-23(22(16-24(25)35-4)27(33)37-6-2)31-26(32)18(3)19-12-14-21(15-13-19)30-28(34)29-20-10-8-7-9-11-20/h7-18H,5-6H2,1-4H3,(H,31,32)(H2,29,30,34). The molecule has 0 spiro atoms. The molecule has 0 fully saturated rings. The van der Waals surface area contributed by atoms with E-state index >= 15 is 0 Å². The fourth-order valence-corrected chi connectivity index (χ4v) is 3.53. The minimum absolute atomic E-state index is 0.159. The molecular formula is C28H31N3O6. The van der Waals surface area contributed by atoms with Crippen LogP contribution in [-0.4, -0.2) is 38.2 Å². The summed E-state index contributed by atoms with van der Waals surface area (Å²) < 4.78 is 16.1. The van der Waals surface area contributed by atoms with E-state index in [4.69, 9.17) is 14.2 Å². The highest BCUT2D eigenvalue weighted by Gasteiger charge is 2.22. The maximum Gasteiger partial charge on any atom is 0.340 e. The fraction of sp³-hybridized carbons (Fsp3) is 0.250. The fourth-order valence-electron chi connectivity index (χ4n) is 3.53. The summed E-state index contributed by atoms with van der Waals surface area (Å²) in [6.45, 7) is 5.83. The quantitative estimate of drug-likeness (QED) is 0.307. The van der Waals surface area contributed by atoms with Gasteiger partial charge in [-0.15, -0.1) is 0 Å². The van der Waals surface area contributed by atoms with Gasteiger partial charge in [0.25, 0.3) is 0 Å². The second kappa shape index (κ2) is 13.0. The second-order valence-corrected chi connectivity index (χ2v) is 7.98. The maximum absolute atomic E-state index is 13.1. The summed E-state index contributed by atoms with van der Waals surface area (Å²) >= 11 is 0. The van der Waals surface area contributed by atoms with E-state index in [0.717, 1.165) is 5.56 Å². The lowest BCUT2D eigenvalue weighted by molar-refractivity contribution is -0.117. The van der Waals surface area contributed by atoms with Crippen LogP contribution in [0.4, 0.5) is 21.9 Å².